The van der Waals surface area contributed by atoms with Crippen molar-refractivity contribution in [1.29, 1.82) is 0 Å². The minimum atomic E-state index is -4.31. The third-order valence-electron chi connectivity index (χ3n) is 2.04. The van der Waals surface area contributed by atoms with Crippen molar-refractivity contribution in [3.05, 3.63) is 41.5 Å². The fraction of sp³-hybridized carbons (Fsp3) is 0.333. The van der Waals surface area contributed by atoms with Crippen LogP contribution in [0.2, 0.25) is 0 Å². The number of halogens is 3. The maximum absolute atomic E-state index is 12.6. The van der Waals surface area contributed by atoms with Crippen LogP contribution in [-0.2, 0) is 6.18 Å². The van der Waals surface area contributed by atoms with Crippen LogP contribution in [0.4, 0.5) is 18.9 Å². The van der Waals surface area contributed by atoms with Crippen molar-refractivity contribution in [2.24, 2.45) is 0 Å². The van der Waals surface area contributed by atoms with Crippen molar-refractivity contribution in [2.75, 3.05) is 11.9 Å². The van der Waals surface area contributed by atoms with Crippen molar-refractivity contribution in [1.82, 2.24) is 0 Å². The first-order valence-corrected chi connectivity index (χ1v) is 4.94. The lowest BCUT2D eigenvalue weighted by Crippen LogP contribution is -2.10. The number of hydrogen-bond donors (Lipinski definition) is 1. The van der Waals surface area contributed by atoms with E-state index in [4.69, 9.17) is 0 Å². The Labute approximate surface area is 93.0 Å². The molecule has 0 aliphatic heterocycles. The molecule has 0 saturated heterocycles. The Hall–Kier alpha value is -1.45. The minimum Gasteiger partial charge on any atom is -0.381 e. The second kappa shape index (κ2) is 5.05. The van der Waals surface area contributed by atoms with E-state index in [0.717, 1.165) is 11.6 Å². The molecule has 1 nitrogen and oxygen atoms in total. The van der Waals surface area contributed by atoms with E-state index in [1.165, 1.54) is 12.1 Å². The molecule has 0 aromatic heterocycles. The van der Waals surface area contributed by atoms with Gasteiger partial charge in [0.15, 0.2) is 0 Å². The van der Waals surface area contributed by atoms with Gasteiger partial charge in [-0.15, -0.1) is 0 Å². The number of anilines is 1. The van der Waals surface area contributed by atoms with Gasteiger partial charge in [-0.2, -0.15) is 13.2 Å². The van der Waals surface area contributed by atoms with Gasteiger partial charge in [0.25, 0.3) is 0 Å². The zero-order valence-corrected chi connectivity index (χ0v) is 9.23. The standard InChI is InChI=1S/C12H14F3N/c1-9(2)7-8-16-11-6-4-3-5-10(11)12(13,14)15/h3-7,16H,8H2,1-2H3. The number of nitrogens with one attached hydrogen (secondary N) is 1. The zero-order valence-electron chi connectivity index (χ0n) is 9.23. The van der Waals surface area contributed by atoms with Gasteiger partial charge in [-0.3, -0.25) is 0 Å². The molecule has 0 heterocycles. The van der Waals surface area contributed by atoms with Crippen LogP contribution in [0.5, 0.6) is 0 Å². The number of allylic oxidation sites excluding steroid dienone is 1. The molecule has 0 aliphatic carbocycles. The van der Waals surface area contributed by atoms with E-state index in [-0.39, 0.29) is 5.69 Å². The second-order valence-electron chi connectivity index (χ2n) is 3.71. The molecular weight excluding hydrogens is 215 g/mol. The molecule has 0 radical (unpaired) electrons. The van der Waals surface area contributed by atoms with Crippen LogP contribution in [0, 0.1) is 0 Å². The Balaban J connectivity index is 2.84. The van der Waals surface area contributed by atoms with Crippen molar-refractivity contribution in [2.45, 2.75) is 20.0 Å². The molecule has 4 heteroatoms. The van der Waals surface area contributed by atoms with Crippen LogP contribution in [-0.4, -0.2) is 6.54 Å². The maximum atomic E-state index is 12.6. The van der Waals surface area contributed by atoms with Gasteiger partial charge in [-0.1, -0.05) is 23.8 Å². The molecule has 0 spiro atoms. The highest BCUT2D eigenvalue weighted by Gasteiger charge is 2.32. The summed E-state index contributed by atoms with van der Waals surface area (Å²) in [4.78, 5) is 0. The van der Waals surface area contributed by atoms with Crippen LogP contribution in [0.15, 0.2) is 35.9 Å². The molecule has 1 aromatic rings. The molecule has 0 aliphatic rings. The molecule has 88 valence electrons. The van der Waals surface area contributed by atoms with Crippen LogP contribution < -0.4 is 5.32 Å². The fourth-order valence-corrected chi connectivity index (χ4v) is 1.25. The van der Waals surface area contributed by atoms with Crippen LogP contribution >= 0.6 is 0 Å². The third kappa shape index (κ3) is 3.61. The van der Waals surface area contributed by atoms with Gasteiger partial charge in [0, 0.05) is 12.2 Å². The summed E-state index contributed by atoms with van der Waals surface area (Å²) < 4.78 is 37.7. The molecule has 1 aromatic carbocycles. The number of benzene rings is 1. The van der Waals surface area contributed by atoms with E-state index in [0.29, 0.717) is 6.54 Å². The monoisotopic (exact) mass is 229 g/mol. The molecule has 1 N–H and O–H groups in total. The Morgan fingerprint density at radius 3 is 2.44 bits per heavy atom. The summed E-state index contributed by atoms with van der Waals surface area (Å²) in [5, 5.41) is 2.75. The predicted octanol–water partition coefficient (Wildman–Crippen LogP) is 4.08. The van der Waals surface area contributed by atoms with E-state index in [2.05, 4.69) is 5.32 Å². The number of hydrogen-bond acceptors (Lipinski definition) is 1. The highest BCUT2D eigenvalue weighted by molar-refractivity contribution is 5.52. The first kappa shape index (κ1) is 12.6. The summed E-state index contributed by atoms with van der Waals surface area (Å²) in [6.07, 6.45) is -2.47. The Kier molecular flexibility index (Phi) is 3.99. The van der Waals surface area contributed by atoms with Crippen LogP contribution in [0.25, 0.3) is 0 Å². The van der Waals surface area contributed by atoms with Gasteiger partial charge in [-0.05, 0) is 26.0 Å². The SMILES string of the molecule is CC(C)=CCNc1ccccc1C(F)(F)F. The highest BCUT2D eigenvalue weighted by Crippen LogP contribution is 2.34. The van der Waals surface area contributed by atoms with Crippen molar-refractivity contribution in [3.63, 3.8) is 0 Å². The fourth-order valence-electron chi connectivity index (χ4n) is 1.25. The molecule has 1 rings (SSSR count). The summed E-state index contributed by atoms with van der Waals surface area (Å²) in [6.45, 7) is 4.20. The molecule has 0 atom stereocenters. The Morgan fingerprint density at radius 1 is 1.25 bits per heavy atom. The quantitative estimate of drug-likeness (QED) is 0.770. The number of para-hydroxylation sites is 1. The maximum Gasteiger partial charge on any atom is 0.418 e. The first-order chi connectivity index (χ1) is 7.41. The van der Waals surface area contributed by atoms with Gasteiger partial charge < -0.3 is 5.32 Å². The third-order valence-corrected chi connectivity index (χ3v) is 2.04. The number of rotatable bonds is 3. The van der Waals surface area contributed by atoms with Crippen molar-refractivity contribution < 1.29 is 13.2 Å². The predicted molar refractivity (Wildman–Crippen MR) is 59.4 cm³/mol. The molecule has 0 fully saturated rings. The molecule has 0 amide bonds. The average Bonchev–Trinajstić information content (AvgIpc) is 2.16. The van der Waals surface area contributed by atoms with Crippen LogP contribution in [0.3, 0.4) is 0 Å². The summed E-state index contributed by atoms with van der Waals surface area (Å²) >= 11 is 0. The normalized spacial score (nSPS) is 11.1. The Morgan fingerprint density at radius 2 is 1.88 bits per heavy atom. The molecule has 0 saturated carbocycles. The molecule has 0 bridgehead atoms. The average molecular weight is 229 g/mol. The minimum absolute atomic E-state index is 0.118. The molecular formula is C12H14F3N. The van der Waals surface area contributed by atoms with E-state index >= 15 is 0 Å². The summed E-state index contributed by atoms with van der Waals surface area (Å²) in [5.41, 5.74) is 0.557. The first-order valence-electron chi connectivity index (χ1n) is 4.94. The number of alkyl halides is 3. The summed E-state index contributed by atoms with van der Waals surface area (Å²) in [6, 6.07) is 5.47. The van der Waals surface area contributed by atoms with E-state index in [1.807, 2.05) is 19.9 Å². The summed E-state index contributed by atoms with van der Waals surface area (Å²) in [5.74, 6) is 0. The van der Waals surface area contributed by atoms with Crippen molar-refractivity contribution >= 4 is 5.69 Å². The highest BCUT2D eigenvalue weighted by atomic mass is 19.4. The lowest BCUT2D eigenvalue weighted by molar-refractivity contribution is -0.136. The van der Waals surface area contributed by atoms with Gasteiger partial charge in [0.05, 0.1) is 5.56 Å². The Bertz CT molecular complexity index is 376. The lowest BCUT2D eigenvalue weighted by atomic mass is 10.1. The van der Waals surface area contributed by atoms with Gasteiger partial charge >= 0.3 is 6.18 Å². The van der Waals surface area contributed by atoms with Gasteiger partial charge in [-0.25, -0.2) is 0 Å². The van der Waals surface area contributed by atoms with Gasteiger partial charge in [0.2, 0.25) is 0 Å². The van der Waals surface area contributed by atoms with E-state index in [9.17, 15) is 13.2 Å². The second-order valence-corrected chi connectivity index (χ2v) is 3.71. The lowest BCUT2D eigenvalue weighted by Gasteiger charge is -2.13. The van der Waals surface area contributed by atoms with Gasteiger partial charge in [0.1, 0.15) is 0 Å². The van der Waals surface area contributed by atoms with Crippen LogP contribution in [0.1, 0.15) is 19.4 Å². The smallest absolute Gasteiger partial charge is 0.381 e. The topological polar surface area (TPSA) is 12.0 Å². The molecule has 16 heavy (non-hydrogen) atoms. The zero-order chi connectivity index (χ0) is 12.2. The molecule has 0 unspecified atom stereocenters. The van der Waals surface area contributed by atoms with E-state index < -0.39 is 11.7 Å². The van der Waals surface area contributed by atoms with E-state index in [1.54, 1.807) is 6.07 Å². The summed E-state index contributed by atoms with van der Waals surface area (Å²) in [7, 11) is 0. The largest absolute Gasteiger partial charge is 0.418 e. The van der Waals surface area contributed by atoms with Crippen molar-refractivity contribution in [3.8, 4) is 0 Å².